The van der Waals surface area contributed by atoms with Crippen molar-refractivity contribution in [2.75, 3.05) is 44.7 Å². The lowest BCUT2D eigenvalue weighted by Gasteiger charge is -2.26. The second-order valence-corrected chi connectivity index (χ2v) is 7.26. The van der Waals surface area contributed by atoms with Crippen molar-refractivity contribution < 1.29 is 4.74 Å². The summed E-state index contributed by atoms with van der Waals surface area (Å²) in [7, 11) is 0. The summed E-state index contributed by atoms with van der Waals surface area (Å²) in [5.41, 5.74) is 3.58. The molecule has 152 valence electrons. The summed E-state index contributed by atoms with van der Waals surface area (Å²) in [5.74, 6) is 1.46. The highest BCUT2D eigenvalue weighted by atomic mass is 16.5. The van der Waals surface area contributed by atoms with Crippen LogP contribution in [0.4, 0.5) is 5.82 Å². The van der Waals surface area contributed by atoms with Crippen molar-refractivity contribution in [1.29, 1.82) is 0 Å². The molecule has 0 spiro atoms. The molecule has 1 aliphatic rings. The Morgan fingerprint density at radius 3 is 2.40 bits per heavy atom. The predicted molar refractivity (Wildman–Crippen MR) is 118 cm³/mol. The molecule has 30 heavy (non-hydrogen) atoms. The fourth-order valence-electron chi connectivity index (χ4n) is 3.67. The Hall–Kier alpha value is -3.29. The van der Waals surface area contributed by atoms with Crippen LogP contribution in [0.2, 0.25) is 0 Å². The second-order valence-electron chi connectivity index (χ2n) is 7.26. The maximum atomic E-state index is 5.44. The molecule has 0 atom stereocenters. The number of para-hydroxylation sites is 1. The van der Waals surface area contributed by atoms with Crippen LogP contribution in [0, 0.1) is 0 Å². The number of benzene rings is 2. The van der Waals surface area contributed by atoms with E-state index in [1.807, 2.05) is 59.4 Å². The molecule has 1 N–H and O–H groups in total. The van der Waals surface area contributed by atoms with Crippen molar-refractivity contribution in [3.63, 3.8) is 0 Å². The van der Waals surface area contributed by atoms with Gasteiger partial charge < -0.3 is 10.1 Å². The molecule has 3 heterocycles. The topological polar surface area (TPSA) is 68.1 Å². The first-order chi connectivity index (χ1) is 14.9. The summed E-state index contributed by atoms with van der Waals surface area (Å²) in [6.45, 7) is 5.28. The second kappa shape index (κ2) is 8.61. The van der Waals surface area contributed by atoms with Crippen LogP contribution in [-0.4, -0.2) is 63.8 Å². The van der Waals surface area contributed by atoms with Crippen LogP contribution in [0.25, 0.3) is 28.2 Å². The Balaban J connectivity index is 1.50. The number of rotatable bonds is 6. The number of nitrogens with one attached hydrogen (secondary N) is 1. The molecule has 0 radical (unpaired) electrons. The van der Waals surface area contributed by atoms with Gasteiger partial charge in [-0.1, -0.05) is 48.5 Å². The predicted octanol–water partition coefficient (Wildman–Crippen LogP) is 3.23. The summed E-state index contributed by atoms with van der Waals surface area (Å²) in [5, 5.41) is 3.50. The summed E-state index contributed by atoms with van der Waals surface area (Å²) in [6.07, 6.45) is 1.82. The summed E-state index contributed by atoms with van der Waals surface area (Å²) >= 11 is 0. The van der Waals surface area contributed by atoms with E-state index in [0.29, 0.717) is 5.82 Å². The number of imidazole rings is 1. The molecule has 1 fully saturated rings. The minimum Gasteiger partial charge on any atom is -0.379 e. The monoisotopic (exact) mass is 400 g/mol. The van der Waals surface area contributed by atoms with Gasteiger partial charge in [-0.3, -0.25) is 9.47 Å². The zero-order chi connectivity index (χ0) is 20.2. The van der Waals surface area contributed by atoms with E-state index in [4.69, 9.17) is 14.7 Å². The van der Waals surface area contributed by atoms with Gasteiger partial charge in [-0.15, -0.1) is 0 Å². The molecule has 1 saturated heterocycles. The first-order valence-corrected chi connectivity index (χ1v) is 10.3. The first kappa shape index (κ1) is 18.7. The van der Waals surface area contributed by atoms with Crippen LogP contribution in [0.15, 0.2) is 67.0 Å². The molecule has 7 heteroatoms. The zero-order valence-corrected chi connectivity index (χ0v) is 16.7. The summed E-state index contributed by atoms with van der Waals surface area (Å²) < 4.78 is 7.45. The van der Waals surface area contributed by atoms with Crippen LogP contribution >= 0.6 is 0 Å². The van der Waals surface area contributed by atoms with E-state index in [-0.39, 0.29) is 0 Å². The van der Waals surface area contributed by atoms with Crippen molar-refractivity contribution in [3.05, 3.63) is 67.0 Å². The molecular formula is C23H24N6O. The zero-order valence-electron chi connectivity index (χ0n) is 16.7. The third-order valence-corrected chi connectivity index (χ3v) is 5.29. The molecule has 2 aromatic heterocycles. The van der Waals surface area contributed by atoms with Crippen molar-refractivity contribution in [2.24, 2.45) is 0 Å². The minimum absolute atomic E-state index is 0.689. The van der Waals surface area contributed by atoms with E-state index in [2.05, 4.69) is 27.3 Å². The Bertz CT molecular complexity index is 1110. The number of fused-ring (bicyclic) bond motifs is 1. The molecule has 0 bridgehead atoms. The van der Waals surface area contributed by atoms with Gasteiger partial charge in [0.1, 0.15) is 6.33 Å². The molecule has 2 aromatic carbocycles. The van der Waals surface area contributed by atoms with Gasteiger partial charge in [0.2, 0.25) is 0 Å². The fourth-order valence-corrected chi connectivity index (χ4v) is 3.67. The Morgan fingerprint density at radius 1 is 0.900 bits per heavy atom. The number of hydrogen-bond donors (Lipinski definition) is 1. The highest BCUT2D eigenvalue weighted by Crippen LogP contribution is 2.26. The van der Waals surface area contributed by atoms with Gasteiger partial charge in [0, 0.05) is 37.4 Å². The van der Waals surface area contributed by atoms with Crippen LogP contribution in [0.3, 0.4) is 0 Å². The molecule has 0 saturated carbocycles. The van der Waals surface area contributed by atoms with Crippen molar-refractivity contribution in [2.45, 2.75) is 0 Å². The number of aromatic nitrogens is 4. The van der Waals surface area contributed by atoms with E-state index >= 15 is 0 Å². The summed E-state index contributed by atoms with van der Waals surface area (Å²) in [6, 6.07) is 20.2. The molecule has 0 aliphatic carbocycles. The van der Waals surface area contributed by atoms with Crippen LogP contribution < -0.4 is 5.32 Å². The van der Waals surface area contributed by atoms with Crippen LogP contribution in [0.5, 0.6) is 0 Å². The number of morpholine rings is 1. The molecule has 1 aliphatic heterocycles. The molecule has 5 rings (SSSR count). The Morgan fingerprint density at radius 2 is 1.63 bits per heavy atom. The first-order valence-electron chi connectivity index (χ1n) is 10.3. The van der Waals surface area contributed by atoms with E-state index in [0.717, 1.165) is 67.6 Å². The van der Waals surface area contributed by atoms with Crippen molar-refractivity contribution >= 4 is 17.0 Å². The van der Waals surface area contributed by atoms with Crippen LogP contribution in [-0.2, 0) is 4.74 Å². The smallest absolute Gasteiger partial charge is 0.170 e. The van der Waals surface area contributed by atoms with E-state index < -0.39 is 0 Å². The number of hydrogen-bond acceptors (Lipinski definition) is 6. The lowest BCUT2D eigenvalue weighted by Crippen LogP contribution is -2.39. The number of anilines is 1. The lowest BCUT2D eigenvalue weighted by atomic mass is 10.2. The van der Waals surface area contributed by atoms with Gasteiger partial charge in [-0.2, -0.15) is 0 Å². The van der Waals surface area contributed by atoms with Gasteiger partial charge in [-0.25, -0.2) is 15.0 Å². The largest absolute Gasteiger partial charge is 0.379 e. The van der Waals surface area contributed by atoms with Gasteiger partial charge >= 0.3 is 0 Å². The minimum atomic E-state index is 0.689. The SMILES string of the molecule is c1ccc(-c2nc(NCCN3CCOCC3)c3ncn(-c4ccccc4)c3n2)cc1. The highest BCUT2D eigenvalue weighted by molar-refractivity contribution is 5.86. The average molecular weight is 400 g/mol. The standard InChI is InChI=1S/C23H24N6O/c1-3-7-18(8-4-1)21-26-22(24-11-12-28-13-15-30-16-14-28)20-23(27-21)29(17-25-20)19-9-5-2-6-10-19/h1-10,17H,11-16H2,(H,24,26,27). The number of ether oxygens (including phenoxy) is 1. The van der Waals surface area contributed by atoms with Gasteiger partial charge in [0.05, 0.1) is 13.2 Å². The molecule has 4 aromatic rings. The normalized spacial score (nSPS) is 14.8. The summed E-state index contributed by atoms with van der Waals surface area (Å²) in [4.78, 5) is 16.7. The van der Waals surface area contributed by atoms with E-state index in [1.165, 1.54) is 0 Å². The van der Waals surface area contributed by atoms with Gasteiger partial charge in [0.15, 0.2) is 22.8 Å². The van der Waals surface area contributed by atoms with E-state index in [9.17, 15) is 0 Å². The maximum Gasteiger partial charge on any atom is 0.170 e. The van der Waals surface area contributed by atoms with Crippen LogP contribution in [0.1, 0.15) is 0 Å². The third kappa shape index (κ3) is 3.90. The fraction of sp³-hybridized carbons (Fsp3) is 0.261. The Labute approximate surface area is 175 Å². The average Bonchev–Trinajstić information content (AvgIpc) is 3.25. The van der Waals surface area contributed by atoms with Crippen molar-refractivity contribution in [1.82, 2.24) is 24.4 Å². The number of nitrogens with zero attached hydrogens (tertiary/aromatic N) is 5. The van der Waals surface area contributed by atoms with Gasteiger partial charge in [0.25, 0.3) is 0 Å². The molecule has 0 unspecified atom stereocenters. The highest BCUT2D eigenvalue weighted by Gasteiger charge is 2.16. The quantitative estimate of drug-likeness (QED) is 0.536. The van der Waals surface area contributed by atoms with E-state index in [1.54, 1.807) is 0 Å². The Kier molecular flexibility index (Phi) is 5.37. The molecule has 7 nitrogen and oxygen atoms in total. The molecular weight excluding hydrogens is 376 g/mol. The van der Waals surface area contributed by atoms with Crippen molar-refractivity contribution in [3.8, 4) is 17.1 Å². The van der Waals surface area contributed by atoms with Gasteiger partial charge in [-0.05, 0) is 12.1 Å². The third-order valence-electron chi connectivity index (χ3n) is 5.29. The maximum absolute atomic E-state index is 5.44. The lowest BCUT2D eigenvalue weighted by molar-refractivity contribution is 0.0398. The molecule has 0 amide bonds.